The lowest BCUT2D eigenvalue weighted by atomic mass is 9.95. The normalized spacial score (nSPS) is 28.7. The van der Waals surface area contributed by atoms with Crippen LogP contribution in [0.4, 0.5) is 5.69 Å². The highest BCUT2D eigenvalue weighted by Gasteiger charge is 2.26. The number of rotatable bonds is 1. The van der Waals surface area contributed by atoms with Gasteiger partial charge in [-0.1, -0.05) is 31.9 Å². The number of fused-ring (bicyclic) bond motifs is 1. The molecule has 2 N–H and O–H groups in total. The van der Waals surface area contributed by atoms with Crippen LogP contribution in [0.2, 0.25) is 0 Å². The molecular weight excluding hydrogens is 232 g/mol. The molecule has 2 aliphatic rings. The second kappa shape index (κ2) is 5.54. The maximum atomic E-state index is 6.16. The fourth-order valence-electron chi connectivity index (χ4n) is 3.77. The van der Waals surface area contributed by atoms with Crippen molar-refractivity contribution in [2.24, 2.45) is 5.92 Å². The average Bonchev–Trinajstić information content (AvgIpc) is 2.64. The van der Waals surface area contributed by atoms with Crippen LogP contribution in [0, 0.1) is 5.92 Å². The Kier molecular flexibility index (Phi) is 3.79. The number of nitrogens with two attached hydrogens (primary N) is 1. The molecule has 2 heteroatoms. The summed E-state index contributed by atoms with van der Waals surface area (Å²) in [6.45, 7) is 4.70. The molecule has 1 saturated carbocycles. The molecule has 19 heavy (non-hydrogen) atoms. The van der Waals surface area contributed by atoms with Gasteiger partial charge in [0.15, 0.2) is 0 Å². The maximum absolute atomic E-state index is 6.16. The highest BCUT2D eigenvalue weighted by Crippen LogP contribution is 2.31. The largest absolute Gasteiger partial charge is 0.398 e. The van der Waals surface area contributed by atoms with Crippen LogP contribution < -0.4 is 5.73 Å². The predicted molar refractivity (Wildman–Crippen MR) is 81.0 cm³/mol. The Bertz CT molecular complexity index is 441. The summed E-state index contributed by atoms with van der Waals surface area (Å²) < 4.78 is 0. The van der Waals surface area contributed by atoms with Gasteiger partial charge in [0.05, 0.1) is 0 Å². The second-order valence-corrected chi connectivity index (χ2v) is 6.47. The maximum Gasteiger partial charge on any atom is 0.0362 e. The molecule has 0 saturated heterocycles. The van der Waals surface area contributed by atoms with Crippen LogP contribution in [-0.2, 0) is 13.0 Å². The van der Waals surface area contributed by atoms with Crippen LogP contribution >= 0.6 is 0 Å². The summed E-state index contributed by atoms with van der Waals surface area (Å²) in [5, 5.41) is 0. The smallest absolute Gasteiger partial charge is 0.0362 e. The van der Waals surface area contributed by atoms with E-state index in [1.165, 1.54) is 56.2 Å². The standard InChI is InChI=1S/C17H26N2/c1-13-4-2-6-15(9-8-13)19-11-10-14-5-3-7-17(18)16(14)12-19/h3,5,7,13,15H,2,4,6,8-12,18H2,1H3. The van der Waals surface area contributed by atoms with Gasteiger partial charge >= 0.3 is 0 Å². The van der Waals surface area contributed by atoms with E-state index in [2.05, 4.69) is 30.0 Å². The van der Waals surface area contributed by atoms with Gasteiger partial charge in [0.2, 0.25) is 0 Å². The minimum atomic E-state index is 0.790. The lowest BCUT2D eigenvalue weighted by molar-refractivity contribution is 0.162. The van der Waals surface area contributed by atoms with Crippen LogP contribution in [0.25, 0.3) is 0 Å². The third kappa shape index (κ3) is 2.79. The fourth-order valence-corrected chi connectivity index (χ4v) is 3.77. The van der Waals surface area contributed by atoms with E-state index in [9.17, 15) is 0 Å². The van der Waals surface area contributed by atoms with Crippen molar-refractivity contribution in [2.45, 2.75) is 58.0 Å². The minimum absolute atomic E-state index is 0.790. The van der Waals surface area contributed by atoms with Crippen molar-refractivity contribution in [1.29, 1.82) is 0 Å². The molecule has 1 aromatic rings. The Balaban J connectivity index is 1.72. The number of hydrogen-bond donors (Lipinski definition) is 1. The zero-order valence-corrected chi connectivity index (χ0v) is 12.1. The first kappa shape index (κ1) is 13.0. The van der Waals surface area contributed by atoms with Gasteiger partial charge in [-0.05, 0) is 48.8 Å². The molecule has 0 bridgehead atoms. The highest BCUT2D eigenvalue weighted by molar-refractivity contribution is 5.51. The number of anilines is 1. The van der Waals surface area contributed by atoms with Crippen molar-refractivity contribution in [3.05, 3.63) is 29.3 Å². The van der Waals surface area contributed by atoms with Crippen LogP contribution in [0.1, 0.15) is 50.2 Å². The SMILES string of the molecule is CC1CCCC(N2CCc3cccc(N)c3C2)CC1. The molecule has 1 heterocycles. The van der Waals surface area contributed by atoms with Crippen molar-refractivity contribution in [3.63, 3.8) is 0 Å². The van der Waals surface area contributed by atoms with Gasteiger partial charge in [0.1, 0.15) is 0 Å². The molecule has 3 rings (SSSR count). The Morgan fingerprint density at radius 1 is 1.16 bits per heavy atom. The molecule has 0 spiro atoms. The summed E-state index contributed by atoms with van der Waals surface area (Å²) in [5.41, 5.74) is 10.0. The zero-order chi connectivity index (χ0) is 13.2. The molecular formula is C17H26N2. The van der Waals surface area contributed by atoms with Crippen molar-refractivity contribution < 1.29 is 0 Å². The summed E-state index contributed by atoms with van der Waals surface area (Å²) >= 11 is 0. The Morgan fingerprint density at radius 3 is 2.95 bits per heavy atom. The van der Waals surface area contributed by atoms with Gasteiger partial charge in [-0.25, -0.2) is 0 Å². The summed E-state index contributed by atoms with van der Waals surface area (Å²) in [6, 6.07) is 7.19. The summed E-state index contributed by atoms with van der Waals surface area (Å²) in [6.07, 6.45) is 8.16. The Labute approximate surface area is 117 Å². The first-order valence-corrected chi connectivity index (χ1v) is 7.84. The van der Waals surface area contributed by atoms with E-state index in [1.807, 2.05) is 0 Å². The van der Waals surface area contributed by atoms with Crippen LogP contribution in [-0.4, -0.2) is 17.5 Å². The minimum Gasteiger partial charge on any atom is -0.398 e. The van der Waals surface area contributed by atoms with Gasteiger partial charge in [-0.2, -0.15) is 0 Å². The number of nitrogens with zero attached hydrogens (tertiary/aromatic N) is 1. The molecule has 1 aliphatic carbocycles. The first-order chi connectivity index (χ1) is 9.24. The van der Waals surface area contributed by atoms with Gasteiger partial charge in [0, 0.05) is 24.8 Å². The summed E-state index contributed by atoms with van der Waals surface area (Å²) in [5.74, 6) is 0.923. The third-order valence-corrected chi connectivity index (χ3v) is 5.08. The van der Waals surface area contributed by atoms with Crippen molar-refractivity contribution in [3.8, 4) is 0 Å². The lowest BCUT2D eigenvalue weighted by Gasteiger charge is -2.35. The molecule has 2 atom stereocenters. The quantitative estimate of drug-likeness (QED) is 0.616. The molecule has 0 amide bonds. The number of nitrogen functional groups attached to an aromatic ring is 1. The van der Waals surface area contributed by atoms with E-state index >= 15 is 0 Å². The van der Waals surface area contributed by atoms with Crippen LogP contribution in [0.3, 0.4) is 0 Å². The number of hydrogen-bond acceptors (Lipinski definition) is 2. The van der Waals surface area contributed by atoms with Crippen molar-refractivity contribution in [1.82, 2.24) is 4.90 Å². The molecule has 1 fully saturated rings. The molecule has 1 aromatic carbocycles. The van der Waals surface area contributed by atoms with Crippen LogP contribution in [0.15, 0.2) is 18.2 Å². The van der Waals surface area contributed by atoms with E-state index in [0.717, 1.165) is 24.2 Å². The predicted octanol–water partition coefficient (Wildman–Crippen LogP) is 3.60. The Morgan fingerprint density at radius 2 is 2.05 bits per heavy atom. The number of benzene rings is 1. The van der Waals surface area contributed by atoms with E-state index in [0.29, 0.717) is 0 Å². The molecule has 0 aromatic heterocycles. The second-order valence-electron chi connectivity index (χ2n) is 6.47. The topological polar surface area (TPSA) is 29.3 Å². The summed E-state index contributed by atoms with van der Waals surface area (Å²) in [4.78, 5) is 2.69. The van der Waals surface area contributed by atoms with Crippen LogP contribution in [0.5, 0.6) is 0 Å². The van der Waals surface area contributed by atoms with E-state index < -0.39 is 0 Å². The van der Waals surface area contributed by atoms with Gasteiger partial charge in [-0.15, -0.1) is 0 Å². The van der Waals surface area contributed by atoms with Gasteiger partial charge < -0.3 is 5.73 Å². The fraction of sp³-hybridized carbons (Fsp3) is 0.647. The van der Waals surface area contributed by atoms with Crippen molar-refractivity contribution in [2.75, 3.05) is 12.3 Å². The van der Waals surface area contributed by atoms with Gasteiger partial charge in [-0.3, -0.25) is 4.90 Å². The summed E-state index contributed by atoms with van der Waals surface area (Å²) in [7, 11) is 0. The third-order valence-electron chi connectivity index (χ3n) is 5.08. The monoisotopic (exact) mass is 258 g/mol. The molecule has 2 nitrogen and oxygen atoms in total. The van der Waals surface area contributed by atoms with E-state index in [1.54, 1.807) is 0 Å². The van der Waals surface area contributed by atoms with E-state index in [4.69, 9.17) is 5.73 Å². The highest BCUT2D eigenvalue weighted by atomic mass is 15.2. The molecule has 1 aliphatic heterocycles. The first-order valence-electron chi connectivity index (χ1n) is 7.84. The molecule has 2 unspecified atom stereocenters. The van der Waals surface area contributed by atoms with Crippen molar-refractivity contribution >= 4 is 5.69 Å². The zero-order valence-electron chi connectivity index (χ0n) is 12.1. The van der Waals surface area contributed by atoms with Gasteiger partial charge in [0.25, 0.3) is 0 Å². The molecule has 0 radical (unpaired) electrons. The Hall–Kier alpha value is -1.02. The molecule has 104 valence electrons. The lowest BCUT2D eigenvalue weighted by Crippen LogP contribution is -2.39. The average molecular weight is 258 g/mol. The van der Waals surface area contributed by atoms with E-state index in [-0.39, 0.29) is 0 Å².